The van der Waals surface area contributed by atoms with Crippen molar-refractivity contribution in [2.45, 2.75) is 24.3 Å². The fraction of sp³-hybridized carbons (Fsp3) is 0.333. The lowest BCUT2D eigenvalue weighted by Crippen LogP contribution is -2.15. The van der Waals surface area contributed by atoms with Crippen LogP contribution in [-0.2, 0) is 13.0 Å². The quantitative estimate of drug-likeness (QED) is 0.861. The highest BCUT2D eigenvalue weighted by molar-refractivity contribution is 7.99. The normalized spacial score (nSPS) is 17.3. The van der Waals surface area contributed by atoms with Crippen molar-refractivity contribution in [1.29, 1.82) is 0 Å². The number of aromatic nitrogens is 2. The SMILES string of the molecule is NCc1nnc(SCC2Cc3cc(F)ccc3O2)o1. The van der Waals surface area contributed by atoms with E-state index >= 15 is 0 Å². The Balaban J connectivity index is 1.58. The van der Waals surface area contributed by atoms with Crippen LogP contribution in [0.5, 0.6) is 5.75 Å². The minimum absolute atomic E-state index is 0.00461. The number of hydrogen-bond acceptors (Lipinski definition) is 6. The van der Waals surface area contributed by atoms with Gasteiger partial charge in [0.2, 0.25) is 5.89 Å². The molecule has 1 aliphatic heterocycles. The van der Waals surface area contributed by atoms with Crippen LogP contribution < -0.4 is 10.5 Å². The van der Waals surface area contributed by atoms with Crippen LogP contribution in [0.4, 0.5) is 4.39 Å². The molecule has 0 saturated carbocycles. The first-order valence-electron chi connectivity index (χ1n) is 5.85. The number of rotatable bonds is 4. The van der Waals surface area contributed by atoms with Crippen molar-refractivity contribution in [3.63, 3.8) is 0 Å². The maximum absolute atomic E-state index is 13.1. The monoisotopic (exact) mass is 281 g/mol. The lowest BCUT2D eigenvalue weighted by Gasteiger charge is -2.07. The van der Waals surface area contributed by atoms with Crippen LogP contribution in [-0.4, -0.2) is 22.1 Å². The van der Waals surface area contributed by atoms with Gasteiger partial charge in [-0.25, -0.2) is 4.39 Å². The van der Waals surface area contributed by atoms with Gasteiger partial charge in [0.15, 0.2) is 0 Å². The van der Waals surface area contributed by atoms with Gasteiger partial charge < -0.3 is 14.9 Å². The molecule has 1 unspecified atom stereocenters. The van der Waals surface area contributed by atoms with Crippen LogP contribution in [0.1, 0.15) is 11.5 Å². The standard InChI is InChI=1S/C12H12FN3O2S/c13-8-1-2-10-7(3-8)4-9(17-10)6-19-12-16-15-11(5-14)18-12/h1-3,9H,4-6,14H2. The molecule has 0 spiro atoms. The van der Waals surface area contributed by atoms with Crippen molar-refractivity contribution in [1.82, 2.24) is 10.2 Å². The van der Waals surface area contributed by atoms with E-state index in [0.29, 0.717) is 23.3 Å². The van der Waals surface area contributed by atoms with Gasteiger partial charge in [0.05, 0.1) is 6.54 Å². The summed E-state index contributed by atoms with van der Waals surface area (Å²) in [6, 6.07) is 4.58. The van der Waals surface area contributed by atoms with Gasteiger partial charge >= 0.3 is 0 Å². The molecule has 0 radical (unpaired) electrons. The summed E-state index contributed by atoms with van der Waals surface area (Å²) in [4.78, 5) is 0. The second-order valence-electron chi connectivity index (χ2n) is 4.17. The number of ether oxygens (including phenoxy) is 1. The van der Waals surface area contributed by atoms with E-state index in [9.17, 15) is 4.39 Å². The van der Waals surface area contributed by atoms with E-state index in [1.165, 1.54) is 23.9 Å². The van der Waals surface area contributed by atoms with Crippen LogP contribution in [0.15, 0.2) is 27.8 Å². The van der Waals surface area contributed by atoms with Crippen molar-refractivity contribution in [3.05, 3.63) is 35.5 Å². The molecule has 19 heavy (non-hydrogen) atoms. The summed E-state index contributed by atoms with van der Waals surface area (Å²) in [5.74, 6) is 1.60. The zero-order valence-electron chi connectivity index (χ0n) is 10.0. The molecular weight excluding hydrogens is 269 g/mol. The van der Waals surface area contributed by atoms with Crippen LogP contribution in [0, 0.1) is 5.82 Å². The number of halogens is 1. The first kappa shape index (κ1) is 12.4. The predicted molar refractivity (Wildman–Crippen MR) is 67.4 cm³/mol. The molecule has 7 heteroatoms. The van der Waals surface area contributed by atoms with E-state index in [2.05, 4.69) is 10.2 Å². The highest BCUT2D eigenvalue weighted by Gasteiger charge is 2.24. The second-order valence-corrected chi connectivity index (χ2v) is 5.14. The molecule has 0 bridgehead atoms. The number of benzene rings is 1. The summed E-state index contributed by atoms with van der Waals surface area (Å²) in [7, 11) is 0. The Labute approximate surface area is 113 Å². The Bertz CT molecular complexity index is 590. The maximum Gasteiger partial charge on any atom is 0.276 e. The fourth-order valence-electron chi connectivity index (χ4n) is 1.93. The molecule has 0 fully saturated rings. The second kappa shape index (κ2) is 5.18. The Morgan fingerprint density at radius 2 is 2.32 bits per heavy atom. The third-order valence-electron chi connectivity index (χ3n) is 2.78. The molecule has 2 aromatic rings. The third-order valence-corrected chi connectivity index (χ3v) is 3.73. The molecule has 0 amide bonds. The Morgan fingerprint density at radius 1 is 1.42 bits per heavy atom. The summed E-state index contributed by atoms with van der Waals surface area (Å²) < 4.78 is 24.1. The first-order valence-corrected chi connectivity index (χ1v) is 6.83. The highest BCUT2D eigenvalue weighted by atomic mass is 32.2. The van der Waals surface area contributed by atoms with Crippen LogP contribution in [0.2, 0.25) is 0 Å². The van der Waals surface area contributed by atoms with Crippen LogP contribution in [0.25, 0.3) is 0 Å². The number of fused-ring (bicyclic) bond motifs is 1. The predicted octanol–water partition coefficient (Wildman–Crippen LogP) is 1.76. The summed E-state index contributed by atoms with van der Waals surface area (Å²) in [5, 5.41) is 8.12. The molecule has 2 N–H and O–H groups in total. The van der Waals surface area contributed by atoms with E-state index in [1.54, 1.807) is 6.07 Å². The smallest absolute Gasteiger partial charge is 0.276 e. The minimum Gasteiger partial charge on any atom is -0.489 e. The van der Waals surface area contributed by atoms with Gasteiger partial charge in [0.1, 0.15) is 17.7 Å². The Morgan fingerprint density at radius 3 is 3.11 bits per heavy atom. The largest absolute Gasteiger partial charge is 0.489 e. The fourth-order valence-corrected chi connectivity index (χ4v) is 2.69. The van der Waals surface area contributed by atoms with Crippen LogP contribution in [0.3, 0.4) is 0 Å². The van der Waals surface area contributed by atoms with Gasteiger partial charge in [-0.05, 0) is 18.2 Å². The number of nitrogens with two attached hydrogens (primary N) is 1. The van der Waals surface area contributed by atoms with Gasteiger partial charge in [-0.3, -0.25) is 0 Å². The zero-order chi connectivity index (χ0) is 13.2. The van der Waals surface area contributed by atoms with Gasteiger partial charge in [-0.2, -0.15) is 0 Å². The molecule has 1 aromatic carbocycles. The maximum atomic E-state index is 13.1. The average Bonchev–Trinajstić information content (AvgIpc) is 3.01. The van der Waals surface area contributed by atoms with Crippen molar-refractivity contribution in [2.75, 3.05) is 5.75 Å². The Hall–Kier alpha value is -1.60. The van der Waals surface area contributed by atoms with Gasteiger partial charge in [0.25, 0.3) is 5.22 Å². The molecule has 0 aliphatic carbocycles. The molecule has 5 nitrogen and oxygen atoms in total. The number of nitrogens with zero attached hydrogens (tertiary/aromatic N) is 2. The third kappa shape index (κ3) is 2.71. The van der Waals surface area contributed by atoms with Crippen LogP contribution >= 0.6 is 11.8 Å². The molecule has 100 valence electrons. The molecule has 3 rings (SSSR count). The van der Waals surface area contributed by atoms with E-state index in [-0.39, 0.29) is 18.5 Å². The molecule has 1 atom stereocenters. The van der Waals surface area contributed by atoms with E-state index in [1.807, 2.05) is 0 Å². The van der Waals surface area contributed by atoms with Crippen molar-refractivity contribution >= 4 is 11.8 Å². The van der Waals surface area contributed by atoms with E-state index < -0.39 is 0 Å². The summed E-state index contributed by atoms with van der Waals surface area (Å²) in [5.41, 5.74) is 6.29. The first-order chi connectivity index (χ1) is 9.24. The van der Waals surface area contributed by atoms with Gasteiger partial charge in [-0.1, -0.05) is 11.8 Å². The summed E-state index contributed by atoms with van der Waals surface area (Å²) in [6.07, 6.45) is 0.688. The molecule has 2 heterocycles. The highest BCUT2D eigenvalue weighted by Crippen LogP contribution is 2.31. The van der Waals surface area contributed by atoms with Crippen molar-refractivity contribution in [3.8, 4) is 5.75 Å². The summed E-state index contributed by atoms with van der Waals surface area (Å²) in [6.45, 7) is 0.234. The van der Waals surface area contributed by atoms with E-state index in [4.69, 9.17) is 14.9 Å². The lowest BCUT2D eigenvalue weighted by atomic mass is 10.1. The van der Waals surface area contributed by atoms with Crippen molar-refractivity contribution < 1.29 is 13.5 Å². The molecular formula is C12H12FN3O2S. The zero-order valence-corrected chi connectivity index (χ0v) is 10.8. The van der Waals surface area contributed by atoms with E-state index in [0.717, 1.165) is 11.3 Å². The van der Waals surface area contributed by atoms with Gasteiger partial charge in [0, 0.05) is 17.7 Å². The van der Waals surface area contributed by atoms with Crippen molar-refractivity contribution in [2.24, 2.45) is 5.73 Å². The Kier molecular flexibility index (Phi) is 3.39. The minimum atomic E-state index is -0.236. The average molecular weight is 281 g/mol. The molecule has 1 aromatic heterocycles. The number of thioether (sulfide) groups is 1. The molecule has 0 saturated heterocycles. The topological polar surface area (TPSA) is 74.2 Å². The molecule has 1 aliphatic rings. The summed E-state index contributed by atoms with van der Waals surface area (Å²) >= 11 is 1.41. The number of hydrogen-bond donors (Lipinski definition) is 1. The lowest BCUT2D eigenvalue weighted by molar-refractivity contribution is 0.258. The van der Waals surface area contributed by atoms with Gasteiger partial charge in [-0.15, -0.1) is 10.2 Å².